The Kier molecular flexibility index (Phi) is 7.51. The van der Waals surface area contributed by atoms with Gasteiger partial charge in [-0.1, -0.05) is 20.8 Å². The molecular formula is C12H24N2. The predicted molar refractivity (Wildman–Crippen MR) is 61.0 cm³/mol. The van der Waals surface area contributed by atoms with Gasteiger partial charge < -0.3 is 5.32 Å². The van der Waals surface area contributed by atoms with Gasteiger partial charge in [-0.2, -0.15) is 5.26 Å². The fraction of sp³-hybridized carbons (Fsp3) is 0.917. The molecule has 0 saturated heterocycles. The zero-order valence-corrected chi connectivity index (χ0v) is 10.0. The van der Waals surface area contributed by atoms with E-state index >= 15 is 0 Å². The third-order valence-electron chi connectivity index (χ3n) is 2.61. The maximum Gasteiger partial charge on any atom is 0.0638 e. The van der Waals surface area contributed by atoms with Crippen LogP contribution < -0.4 is 5.32 Å². The van der Waals surface area contributed by atoms with E-state index in [9.17, 15) is 0 Å². The van der Waals surface area contributed by atoms with Crippen LogP contribution in [0.5, 0.6) is 0 Å². The highest BCUT2D eigenvalue weighted by Gasteiger charge is 2.21. The lowest BCUT2D eigenvalue weighted by molar-refractivity contribution is 0.443. The van der Waals surface area contributed by atoms with Crippen LogP contribution in [0.25, 0.3) is 0 Å². The number of hydrogen-bond donors (Lipinski definition) is 1. The van der Waals surface area contributed by atoms with Gasteiger partial charge in [-0.15, -0.1) is 0 Å². The zero-order valence-electron chi connectivity index (χ0n) is 10.0. The SMILES string of the molecule is CC.CC1CCC(NC(C)CC#N)C1. The third kappa shape index (κ3) is 5.24. The summed E-state index contributed by atoms with van der Waals surface area (Å²) in [7, 11) is 0. The van der Waals surface area contributed by atoms with Gasteiger partial charge in [0.15, 0.2) is 0 Å². The van der Waals surface area contributed by atoms with Crippen LogP contribution in [0, 0.1) is 17.2 Å². The number of nitrogens with one attached hydrogen (secondary N) is 1. The highest BCUT2D eigenvalue weighted by molar-refractivity contribution is 4.84. The molecule has 1 fully saturated rings. The summed E-state index contributed by atoms with van der Waals surface area (Å²) < 4.78 is 0. The smallest absolute Gasteiger partial charge is 0.0638 e. The summed E-state index contributed by atoms with van der Waals surface area (Å²) in [6, 6.07) is 3.23. The predicted octanol–water partition coefficient (Wildman–Crippen LogP) is 3.09. The van der Waals surface area contributed by atoms with Gasteiger partial charge in [0, 0.05) is 12.1 Å². The van der Waals surface area contributed by atoms with E-state index in [-0.39, 0.29) is 0 Å². The van der Waals surface area contributed by atoms with E-state index in [2.05, 4.69) is 25.2 Å². The molecule has 2 heteroatoms. The van der Waals surface area contributed by atoms with E-state index in [4.69, 9.17) is 5.26 Å². The topological polar surface area (TPSA) is 35.8 Å². The number of nitriles is 1. The molecule has 3 atom stereocenters. The lowest BCUT2D eigenvalue weighted by Crippen LogP contribution is -2.34. The molecule has 0 amide bonds. The van der Waals surface area contributed by atoms with E-state index in [1.54, 1.807) is 0 Å². The molecule has 0 aliphatic heterocycles. The fourth-order valence-electron chi connectivity index (χ4n) is 1.96. The first-order valence-electron chi connectivity index (χ1n) is 5.85. The van der Waals surface area contributed by atoms with Crippen molar-refractivity contribution in [2.24, 2.45) is 5.92 Å². The zero-order chi connectivity index (χ0) is 11.0. The van der Waals surface area contributed by atoms with Gasteiger partial charge in [0.05, 0.1) is 12.5 Å². The molecule has 0 heterocycles. The van der Waals surface area contributed by atoms with Crippen molar-refractivity contribution < 1.29 is 0 Å². The van der Waals surface area contributed by atoms with Crippen molar-refractivity contribution in [1.82, 2.24) is 5.32 Å². The maximum atomic E-state index is 8.47. The number of rotatable bonds is 3. The Hall–Kier alpha value is -0.550. The van der Waals surface area contributed by atoms with E-state index in [1.807, 2.05) is 13.8 Å². The minimum Gasteiger partial charge on any atom is -0.310 e. The minimum atomic E-state index is 0.366. The van der Waals surface area contributed by atoms with Crippen molar-refractivity contribution in [3.63, 3.8) is 0 Å². The molecule has 0 bridgehead atoms. The highest BCUT2D eigenvalue weighted by atomic mass is 14.9. The van der Waals surface area contributed by atoms with E-state index in [0.717, 1.165) is 5.92 Å². The Morgan fingerprint density at radius 3 is 2.50 bits per heavy atom. The molecule has 1 saturated carbocycles. The molecular weight excluding hydrogens is 172 g/mol. The summed E-state index contributed by atoms with van der Waals surface area (Å²) in [6.45, 7) is 8.39. The normalized spacial score (nSPS) is 27.4. The first kappa shape index (κ1) is 13.4. The van der Waals surface area contributed by atoms with Gasteiger partial charge in [-0.25, -0.2) is 0 Å². The summed E-state index contributed by atoms with van der Waals surface area (Å²) in [5, 5.41) is 12.0. The van der Waals surface area contributed by atoms with Crippen LogP contribution in [0.15, 0.2) is 0 Å². The molecule has 14 heavy (non-hydrogen) atoms. The Bertz CT molecular complexity index is 172. The van der Waals surface area contributed by atoms with Crippen LogP contribution in [0.1, 0.15) is 53.4 Å². The Morgan fingerprint density at radius 1 is 1.43 bits per heavy atom. The van der Waals surface area contributed by atoms with Crippen molar-refractivity contribution in [3.8, 4) is 6.07 Å². The molecule has 1 rings (SSSR count). The highest BCUT2D eigenvalue weighted by Crippen LogP contribution is 2.24. The van der Waals surface area contributed by atoms with E-state index < -0.39 is 0 Å². The van der Waals surface area contributed by atoms with Crippen molar-refractivity contribution in [2.75, 3.05) is 0 Å². The van der Waals surface area contributed by atoms with Gasteiger partial charge >= 0.3 is 0 Å². The van der Waals surface area contributed by atoms with Crippen LogP contribution in [-0.4, -0.2) is 12.1 Å². The second-order valence-electron chi connectivity index (χ2n) is 4.05. The molecule has 0 radical (unpaired) electrons. The molecule has 3 unspecified atom stereocenters. The molecule has 0 spiro atoms. The Balaban J connectivity index is 0.000000791. The molecule has 2 nitrogen and oxygen atoms in total. The first-order chi connectivity index (χ1) is 6.72. The largest absolute Gasteiger partial charge is 0.310 e. The molecule has 0 aromatic carbocycles. The van der Waals surface area contributed by atoms with Crippen molar-refractivity contribution in [2.45, 2.75) is 65.5 Å². The second kappa shape index (κ2) is 7.82. The van der Waals surface area contributed by atoms with Crippen molar-refractivity contribution >= 4 is 0 Å². The molecule has 1 aliphatic rings. The number of hydrogen-bond acceptors (Lipinski definition) is 2. The lowest BCUT2D eigenvalue weighted by Gasteiger charge is -2.16. The standard InChI is InChI=1S/C10H18N2.C2H6/c1-8-3-4-10(7-8)12-9(2)5-6-11;1-2/h8-10,12H,3-5,7H2,1-2H3;1-2H3. The fourth-order valence-corrected chi connectivity index (χ4v) is 1.96. The van der Waals surface area contributed by atoms with Gasteiger partial charge in [0.1, 0.15) is 0 Å². The van der Waals surface area contributed by atoms with Crippen LogP contribution >= 0.6 is 0 Å². The summed E-state index contributed by atoms with van der Waals surface area (Å²) in [5.74, 6) is 0.872. The van der Waals surface area contributed by atoms with Crippen LogP contribution in [0.2, 0.25) is 0 Å². The molecule has 0 aromatic rings. The van der Waals surface area contributed by atoms with Crippen LogP contribution in [-0.2, 0) is 0 Å². The average Bonchev–Trinajstić information content (AvgIpc) is 2.55. The van der Waals surface area contributed by atoms with Crippen molar-refractivity contribution in [3.05, 3.63) is 0 Å². The minimum absolute atomic E-state index is 0.366. The number of nitrogens with zero attached hydrogens (tertiary/aromatic N) is 1. The molecule has 1 N–H and O–H groups in total. The lowest BCUT2D eigenvalue weighted by atomic mass is 10.1. The van der Waals surface area contributed by atoms with E-state index in [1.165, 1.54) is 19.3 Å². The summed E-state index contributed by atoms with van der Waals surface area (Å²) in [5.41, 5.74) is 0. The maximum absolute atomic E-state index is 8.47. The van der Waals surface area contributed by atoms with Crippen molar-refractivity contribution in [1.29, 1.82) is 5.26 Å². The van der Waals surface area contributed by atoms with Gasteiger partial charge in [-0.05, 0) is 32.1 Å². The second-order valence-corrected chi connectivity index (χ2v) is 4.05. The summed E-state index contributed by atoms with van der Waals surface area (Å²) in [6.07, 6.45) is 4.55. The molecule has 82 valence electrons. The Labute approximate surface area is 88.7 Å². The summed E-state index contributed by atoms with van der Waals surface area (Å²) >= 11 is 0. The van der Waals surface area contributed by atoms with Crippen LogP contribution in [0.3, 0.4) is 0 Å². The third-order valence-corrected chi connectivity index (χ3v) is 2.61. The monoisotopic (exact) mass is 196 g/mol. The Morgan fingerprint density at radius 2 is 2.07 bits per heavy atom. The van der Waals surface area contributed by atoms with Gasteiger partial charge in [0.2, 0.25) is 0 Å². The average molecular weight is 196 g/mol. The quantitative estimate of drug-likeness (QED) is 0.753. The summed E-state index contributed by atoms with van der Waals surface area (Å²) in [4.78, 5) is 0. The van der Waals surface area contributed by atoms with Crippen LogP contribution in [0.4, 0.5) is 0 Å². The van der Waals surface area contributed by atoms with Gasteiger partial charge in [-0.3, -0.25) is 0 Å². The molecule has 0 aromatic heterocycles. The van der Waals surface area contributed by atoms with Gasteiger partial charge in [0.25, 0.3) is 0 Å². The first-order valence-corrected chi connectivity index (χ1v) is 5.85. The van der Waals surface area contributed by atoms with E-state index in [0.29, 0.717) is 18.5 Å². The molecule has 1 aliphatic carbocycles.